The third kappa shape index (κ3) is 9.78. The van der Waals surface area contributed by atoms with Crippen LogP contribution in [0.4, 0.5) is 0 Å². The maximum Gasteiger partial charge on any atom is 0.303 e. The van der Waals surface area contributed by atoms with E-state index < -0.39 is 5.97 Å². The molecule has 4 unspecified atom stereocenters. The molecule has 46 heavy (non-hydrogen) atoms. The van der Waals surface area contributed by atoms with E-state index in [0.717, 1.165) is 62.0 Å². The molecule has 2 N–H and O–H groups in total. The van der Waals surface area contributed by atoms with Gasteiger partial charge in [0.2, 0.25) is 0 Å². The van der Waals surface area contributed by atoms with E-state index in [0.29, 0.717) is 12.8 Å². The Balaban J connectivity index is 0.00000136. The number of unbranched alkanes of at least 4 members (excludes halogenated alkanes) is 1. The first-order chi connectivity index (χ1) is 22.2. The quantitative estimate of drug-likeness (QED) is 0.192. The van der Waals surface area contributed by atoms with Gasteiger partial charge in [0.15, 0.2) is 0 Å². The number of carbonyl (C=O) groups excluding carboxylic acids is 1. The van der Waals surface area contributed by atoms with Crippen molar-refractivity contribution >= 4 is 11.8 Å². The smallest absolute Gasteiger partial charge is 0.303 e. The first-order valence-electron chi connectivity index (χ1n) is 17.8. The Kier molecular flexibility index (Phi) is 15.5. The van der Waals surface area contributed by atoms with Gasteiger partial charge in [0.25, 0.3) is 0 Å². The second-order valence-electron chi connectivity index (χ2n) is 13.3. The third-order valence-electron chi connectivity index (χ3n) is 9.96. The fourth-order valence-corrected chi connectivity index (χ4v) is 7.32. The van der Waals surface area contributed by atoms with Crippen LogP contribution < -0.4 is 0 Å². The van der Waals surface area contributed by atoms with Crippen LogP contribution in [0.25, 0.3) is 5.69 Å². The number of aliphatic hydroxyl groups is 1. The van der Waals surface area contributed by atoms with Crippen molar-refractivity contribution in [3.63, 3.8) is 0 Å². The lowest BCUT2D eigenvalue weighted by Crippen LogP contribution is -2.30. The van der Waals surface area contributed by atoms with Gasteiger partial charge in [-0.1, -0.05) is 83.7 Å². The summed E-state index contributed by atoms with van der Waals surface area (Å²) in [6.07, 6.45) is 16.3. The number of nitrogens with zero attached hydrogens (tertiary/aromatic N) is 1. The standard InChI is InChI=1S/C36H49NO5.C4H10/c1-5-9-26(21-35(40)41)11-8-12-29(39)17-15-27-22-31(30-13-7-10-24(3)36(30)42-4)32-20-25(6-2)14-18-34(32)37-28(23-38)16-19-33(27)37;1-3-4-2/h7,10,13-14,16,18-20,26-27,30-31,36,38H,5-6,8-9,11-12,15,17,21-23H2,1-4H3,(H,40,41);3-4H2,1-2H3/t26?,27-,30?,31?,36?;/m0./s1. The van der Waals surface area contributed by atoms with Crippen molar-refractivity contribution < 1.29 is 24.5 Å². The van der Waals surface area contributed by atoms with Gasteiger partial charge in [0.1, 0.15) is 5.78 Å². The molecule has 5 atom stereocenters. The normalized spacial score (nSPS) is 20.9. The summed E-state index contributed by atoms with van der Waals surface area (Å²) in [5.74, 6) is 0.135. The highest BCUT2D eigenvalue weighted by molar-refractivity contribution is 5.78. The zero-order valence-corrected chi connectivity index (χ0v) is 29.3. The van der Waals surface area contributed by atoms with Crippen LogP contribution in [0.2, 0.25) is 0 Å². The number of aryl methyl sites for hydroxylation is 1. The first kappa shape index (κ1) is 37.5. The van der Waals surface area contributed by atoms with Crippen molar-refractivity contribution in [1.29, 1.82) is 0 Å². The number of aromatic nitrogens is 1. The van der Waals surface area contributed by atoms with Gasteiger partial charge in [0, 0.05) is 55.3 Å². The predicted molar refractivity (Wildman–Crippen MR) is 188 cm³/mol. The molecule has 0 fully saturated rings. The van der Waals surface area contributed by atoms with Gasteiger partial charge in [0.05, 0.1) is 12.7 Å². The van der Waals surface area contributed by atoms with E-state index in [-0.39, 0.29) is 48.6 Å². The van der Waals surface area contributed by atoms with Crippen LogP contribution in [0, 0.1) is 11.8 Å². The molecule has 0 saturated carbocycles. The number of ketones is 1. The summed E-state index contributed by atoms with van der Waals surface area (Å²) in [6.45, 7) is 10.7. The third-order valence-corrected chi connectivity index (χ3v) is 9.96. The van der Waals surface area contributed by atoms with E-state index in [1.807, 2.05) is 6.07 Å². The highest BCUT2D eigenvalue weighted by Crippen LogP contribution is 2.48. The number of benzene rings is 1. The lowest BCUT2D eigenvalue weighted by Gasteiger charge is -2.35. The number of carboxylic acids is 1. The molecule has 0 saturated heterocycles. The SMILES string of the molecule is CCCC.CCCC(CCCC(=O)CC[C@H]1CC(C2C=CC=C(C)C2OC)c2cc(CC)ccc2-n2c(CO)ccc21)CC(=O)O. The van der Waals surface area contributed by atoms with Crippen molar-refractivity contribution in [1.82, 2.24) is 4.57 Å². The van der Waals surface area contributed by atoms with E-state index in [1.54, 1.807) is 7.11 Å². The number of aliphatic carboxylic acids is 1. The second-order valence-corrected chi connectivity index (χ2v) is 13.3. The van der Waals surface area contributed by atoms with Crippen LogP contribution in [0.1, 0.15) is 140 Å². The summed E-state index contributed by atoms with van der Waals surface area (Å²) in [6, 6.07) is 10.9. The fraction of sp³-hybridized carbons (Fsp3) is 0.600. The topological polar surface area (TPSA) is 88.8 Å². The number of hydrogen-bond acceptors (Lipinski definition) is 4. The number of carbonyl (C=O) groups is 2. The minimum Gasteiger partial charge on any atom is -0.481 e. The van der Waals surface area contributed by atoms with Gasteiger partial charge >= 0.3 is 5.97 Å². The van der Waals surface area contributed by atoms with E-state index in [9.17, 15) is 19.8 Å². The molecule has 6 heteroatoms. The lowest BCUT2D eigenvalue weighted by atomic mass is 9.73. The van der Waals surface area contributed by atoms with Crippen molar-refractivity contribution in [2.24, 2.45) is 11.8 Å². The number of hydrogen-bond donors (Lipinski definition) is 2. The maximum absolute atomic E-state index is 13.1. The van der Waals surface area contributed by atoms with Gasteiger partial charge in [-0.2, -0.15) is 0 Å². The molecule has 0 spiro atoms. The van der Waals surface area contributed by atoms with E-state index >= 15 is 0 Å². The summed E-state index contributed by atoms with van der Waals surface area (Å²) in [5.41, 5.74) is 6.93. The number of Topliss-reactive ketones (excluding diaryl/α,β-unsaturated/α-hetero) is 1. The second kappa shape index (κ2) is 19.0. The fourth-order valence-electron chi connectivity index (χ4n) is 7.32. The summed E-state index contributed by atoms with van der Waals surface area (Å²) in [4.78, 5) is 24.4. The number of rotatable bonds is 16. The molecular formula is C40H59NO5. The Labute approximate surface area is 277 Å². The van der Waals surface area contributed by atoms with Gasteiger partial charge in [-0.25, -0.2) is 0 Å². The summed E-state index contributed by atoms with van der Waals surface area (Å²) in [7, 11) is 1.79. The molecule has 2 heterocycles. The average molecular weight is 634 g/mol. The zero-order valence-electron chi connectivity index (χ0n) is 29.3. The van der Waals surface area contributed by atoms with Crippen LogP contribution in [-0.2, 0) is 27.4 Å². The van der Waals surface area contributed by atoms with Crippen molar-refractivity contribution in [3.05, 3.63) is 76.6 Å². The Morgan fingerprint density at radius 2 is 1.78 bits per heavy atom. The Hall–Kier alpha value is -2.96. The van der Waals surface area contributed by atoms with Gasteiger partial charge in [-0.05, 0) is 85.8 Å². The first-order valence-corrected chi connectivity index (χ1v) is 17.8. The average Bonchev–Trinajstić information content (AvgIpc) is 3.42. The highest BCUT2D eigenvalue weighted by atomic mass is 16.5. The number of allylic oxidation sites excluding steroid dienone is 2. The Morgan fingerprint density at radius 3 is 2.41 bits per heavy atom. The summed E-state index contributed by atoms with van der Waals surface area (Å²) >= 11 is 0. The molecule has 2 aromatic rings. The van der Waals surface area contributed by atoms with E-state index in [4.69, 9.17) is 4.74 Å². The maximum atomic E-state index is 13.1. The van der Waals surface area contributed by atoms with E-state index in [2.05, 4.69) is 81.7 Å². The number of aliphatic hydroxyl groups excluding tert-OH is 1. The lowest BCUT2D eigenvalue weighted by molar-refractivity contribution is -0.138. The van der Waals surface area contributed by atoms with Crippen molar-refractivity contribution in [2.75, 3.05) is 7.11 Å². The minimum absolute atomic E-state index is 0.0166. The molecule has 254 valence electrons. The van der Waals surface area contributed by atoms with Crippen molar-refractivity contribution in [2.45, 2.75) is 136 Å². The van der Waals surface area contributed by atoms with Crippen LogP contribution >= 0.6 is 0 Å². The van der Waals surface area contributed by atoms with Crippen LogP contribution in [-0.4, -0.2) is 39.7 Å². The van der Waals surface area contributed by atoms with Gasteiger partial charge in [-0.15, -0.1) is 0 Å². The molecule has 1 aliphatic heterocycles. The molecule has 0 radical (unpaired) electrons. The van der Waals surface area contributed by atoms with Crippen LogP contribution in [0.5, 0.6) is 0 Å². The molecule has 6 nitrogen and oxygen atoms in total. The largest absolute Gasteiger partial charge is 0.481 e. The molecule has 4 rings (SSSR count). The Morgan fingerprint density at radius 1 is 1.02 bits per heavy atom. The molecule has 1 aromatic heterocycles. The van der Waals surface area contributed by atoms with Crippen LogP contribution in [0.3, 0.4) is 0 Å². The molecule has 1 aromatic carbocycles. The molecule has 2 aliphatic rings. The summed E-state index contributed by atoms with van der Waals surface area (Å²) < 4.78 is 8.30. The molecular weight excluding hydrogens is 574 g/mol. The van der Waals surface area contributed by atoms with Crippen LogP contribution in [0.15, 0.2) is 54.1 Å². The Bertz CT molecular complexity index is 1320. The monoisotopic (exact) mass is 633 g/mol. The number of ether oxygens (including phenoxy) is 1. The summed E-state index contributed by atoms with van der Waals surface area (Å²) in [5, 5.41) is 19.5. The van der Waals surface area contributed by atoms with Gasteiger partial charge < -0.3 is 19.5 Å². The molecule has 0 bridgehead atoms. The van der Waals surface area contributed by atoms with Crippen molar-refractivity contribution in [3.8, 4) is 5.69 Å². The number of methoxy groups -OCH3 is 1. The predicted octanol–water partition coefficient (Wildman–Crippen LogP) is 9.47. The van der Waals surface area contributed by atoms with Gasteiger partial charge in [-0.3, -0.25) is 9.59 Å². The van der Waals surface area contributed by atoms with E-state index in [1.165, 1.54) is 29.5 Å². The molecule has 0 amide bonds. The zero-order chi connectivity index (χ0) is 33.6. The highest BCUT2D eigenvalue weighted by Gasteiger charge is 2.38. The number of carboxylic acid groups (broad SMARTS) is 1. The number of fused-ring (bicyclic) bond motifs is 3. The molecule has 1 aliphatic carbocycles. The minimum atomic E-state index is -0.755.